The minimum Gasteiger partial charge on any atom is -0.334 e. The Morgan fingerprint density at radius 1 is 1.20 bits per heavy atom. The SMILES string of the molecule is CN1CCC[C@@H]1[C@@H]1CCCN1C(=O)c1cccc(Cn2ccnc2)c1. The fourth-order valence-corrected chi connectivity index (χ4v) is 4.43. The number of likely N-dealkylation sites (tertiary alicyclic amines) is 2. The third-order valence-electron chi connectivity index (χ3n) is 5.68. The molecule has 0 bridgehead atoms. The number of carbonyl (C=O) groups is 1. The van der Waals surface area contributed by atoms with Crippen molar-refractivity contribution in [3.8, 4) is 0 Å². The van der Waals surface area contributed by atoms with Crippen molar-refractivity contribution >= 4 is 5.91 Å². The highest BCUT2D eigenvalue weighted by Gasteiger charge is 2.38. The van der Waals surface area contributed by atoms with E-state index in [0.717, 1.165) is 43.6 Å². The van der Waals surface area contributed by atoms with Gasteiger partial charge in [-0.1, -0.05) is 12.1 Å². The molecule has 0 radical (unpaired) electrons. The summed E-state index contributed by atoms with van der Waals surface area (Å²) >= 11 is 0. The van der Waals surface area contributed by atoms with Crippen LogP contribution in [0.2, 0.25) is 0 Å². The Balaban J connectivity index is 1.51. The predicted octanol–water partition coefficient (Wildman–Crippen LogP) is 2.63. The van der Waals surface area contributed by atoms with Crippen molar-refractivity contribution in [1.29, 1.82) is 0 Å². The molecule has 0 aliphatic carbocycles. The summed E-state index contributed by atoms with van der Waals surface area (Å²) < 4.78 is 2.02. The molecule has 2 atom stereocenters. The summed E-state index contributed by atoms with van der Waals surface area (Å²) in [5, 5.41) is 0. The molecule has 4 rings (SSSR count). The van der Waals surface area contributed by atoms with E-state index in [1.165, 1.54) is 12.8 Å². The molecule has 0 saturated carbocycles. The molecule has 5 nitrogen and oxygen atoms in total. The van der Waals surface area contributed by atoms with E-state index in [1.54, 1.807) is 12.5 Å². The fraction of sp³-hybridized carbons (Fsp3) is 0.500. The van der Waals surface area contributed by atoms with Gasteiger partial charge in [0, 0.05) is 43.1 Å². The van der Waals surface area contributed by atoms with Gasteiger partial charge in [0.2, 0.25) is 0 Å². The molecule has 2 fully saturated rings. The number of imidazole rings is 1. The lowest BCUT2D eigenvalue weighted by Crippen LogP contribution is -2.47. The number of nitrogens with zero attached hydrogens (tertiary/aromatic N) is 4. The molecule has 0 N–H and O–H groups in total. The molecule has 3 heterocycles. The van der Waals surface area contributed by atoms with E-state index in [1.807, 2.05) is 29.0 Å². The molecule has 2 aliphatic heterocycles. The summed E-state index contributed by atoms with van der Waals surface area (Å²) in [6.45, 7) is 2.79. The molecule has 2 aliphatic rings. The number of amides is 1. The average molecular weight is 338 g/mol. The molecule has 0 spiro atoms. The Kier molecular flexibility index (Phi) is 4.57. The first kappa shape index (κ1) is 16.3. The van der Waals surface area contributed by atoms with E-state index in [4.69, 9.17) is 0 Å². The molecule has 5 heteroatoms. The summed E-state index contributed by atoms with van der Waals surface area (Å²) in [5.74, 6) is 0.190. The van der Waals surface area contributed by atoms with Gasteiger partial charge in [0.1, 0.15) is 0 Å². The molecule has 1 aromatic carbocycles. The van der Waals surface area contributed by atoms with Crippen LogP contribution in [-0.2, 0) is 6.54 Å². The largest absolute Gasteiger partial charge is 0.334 e. The predicted molar refractivity (Wildman–Crippen MR) is 97.5 cm³/mol. The van der Waals surface area contributed by atoms with Gasteiger partial charge >= 0.3 is 0 Å². The lowest BCUT2D eigenvalue weighted by atomic mass is 10.0. The van der Waals surface area contributed by atoms with Crippen molar-refractivity contribution in [2.45, 2.75) is 44.3 Å². The van der Waals surface area contributed by atoms with Crippen LogP contribution < -0.4 is 0 Å². The van der Waals surface area contributed by atoms with Crippen LogP contribution in [0.25, 0.3) is 0 Å². The lowest BCUT2D eigenvalue weighted by molar-refractivity contribution is 0.0664. The van der Waals surface area contributed by atoms with Crippen LogP contribution in [-0.4, -0.2) is 57.5 Å². The Hall–Kier alpha value is -2.14. The standard InChI is InChI=1S/C20H26N4O/c1-22-10-3-7-18(22)19-8-4-11-24(19)20(25)17-6-2-5-16(13-17)14-23-12-9-21-15-23/h2,5-6,9,12-13,15,18-19H,3-4,7-8,10-11,14H2,1H3/t18-,19+/m1/s1. The highest BCUT2D eigenvalue weighted by Crippen LogP contribution is 2.30. The maximum Gasteiger partial charge on any atom is 0.254 e. The van der Waals surface area contributed by atoms with Crippen LogP contribution in [0, 0.1) is 0 Å². The third-order valence-corrected chi connectivity index (χ3v) is 5.68. The number of likely N-dealkylation sites (N-methyl/N-ethyl adjacent to an activating group) is 1. The summed E-state index contributed by atoms with van der Waals surface area (Å²) in [6, 6.07) is 8.96. The molecule has 1 amide bonds. The summed E-state index contributed by atoms with van der Waals surface area (Å²) in [6.07, 6.45) is 10.3. The van der Waals surface area contributed by atoms with Crippen LogP contribution in [0.3, 0.4) is 0 Å². The quantitative estimate of drug-likeness (QED) is 0.860. The number of hydrogen-bond donors (Lipinski definition) is 0. The first-order valence-electron chi connectivity index (χ1n) is 9.28. The van der Waals surface area contributed by atoms with Crippen LogP contribution >= 0.6 is 0 Å². The first-order chi connectivity index (χ1) is 12.2. The molecule has 25 heavy (non-hydrogen) atoms. The van der Waals surface area contributed by atoms with Gasteiger partial charge in [-0.05, 0) is 57.0 Å². The number of benzene rings is 1. The number of hydrogen-bond acceptors (Lipinski definition) is 3. The van der Waals surface area contributed by atoms with E-state index < -0.39 is 0 Å². The van der Waals surface area contributed by atoms with Gasteiger partial charge in [-0.3, -0.25) is 4.79 Å². The van der Waals surface area contributed by atoms with Crippen molar-refractivity contribution in [1.82, 2.24) is 19.4 Å². The van der Waals surface area contributed by atoms with E-state index in [2.05, 4.69) is 27.9 Å². The minimum atomic E-state index is 0.190. The van der Waals surface area contributed by atoms with Crippen molar-refractivity contribution in [2.24, 2.45) is 0 Å². The molecule has 2 aromatic rings. The van der Waals surface area contributed by atoms with Crippen molar-refractivity contribution in [3.63, 3.8) is 0 Å². The van der Waals surface area contributed by atoms with Crippen LogP contribution in [0.4, 0.5) is 0 Å². The van der Waals surface area contributed by atoms with Gasteiger partial charge in [-0.2, -0.15) is 0 Å². The van der Waals surface area contributed by atoms with Crippen LogP contribution in [0.15, 0.2) is 43.0 Å². The zero-order valence-electron chi connectivity index (χ0n) is 14.8. The van der Waals surface area contributed by atoms with Gasteiger partial charge in [0.15, 0.2) is 0 Å². The first-order valence-corrected chi connectivity index (χ1v) is 9.28. The second-order valence-electron chi connectivity index (χ2n) is 7.33. The smallest absolute Gasteiger partial charge is 0.254 e. The van der Waals surface area contributed by atoms with Gasteiger partial charge in [0.25, 0.3) is 5.91 Å². The van der Waals surface area contributed by atoms with E-state index in [9.17, 15) is 4.79 Å². The van der Waals surface area contributed by atoms with Crippen LogP contribution in [0.5, 0.6) is 0 Å². The zero-order chi connectivity index (χ0) is 17.2. The second-order valence-corrected chi connectivity index (χ2v) is 7.33. The Morgan fingerprint density at radius 3 is 2.80 bits per heavy atom. The maximum atomic E-state index is 13.2. The molecule has 132 valence electrons. The Morgan fingerprint density at radius 2 is 2.04 bits per heavy atom. The van der Waals surface area contributed by atoms with Gasteiger partial charge in [0.05, 0.1) is 6.33 Å². The monoisotopic (exact) mass is 338 g/mol. The number of rotatable bonds is 4. The Bertz CT molecular complexity index is 727. The van der Waals surface area contributed by atoms with E-state index in [0.29, 0.717) is 12.1 Å². The number of carbonyl (C=O) groups excluding carboxylic acids is 1. The lowest BCUT2D eigenvalue weighted by Gasteiger charge is -2.33. The van der Waals surface area contributed by atoms with Gasteiger partial charge in [-0.25, -0.2) is 4.98 Å². The van der Waals surface area contributed by atoms with Gasteiger partial charge in [-0.15, -0.1) is 0 Å². The summed E-state index contributed by atoms with van der Waals surface area (Å²) in [5.41, 5.74) is 1.95. The molecule has 2 saturated heterocycles. The van der Waals surface area contributed by atoms with Crippen molar-refractivity contribution in [3.05, 3.63) is 54.1 Å². The minimum absolute atomic E-state index is 0.190. The van der Waals surface area contributed by atoms with Crippen molar-refractivity contribution in [2.75, 3.05) is 20.1 Å². The third kappa shape index (κ3) is 3.33. The van der Waals surface area contributed by atoms with Gasteiger partial charge < -0.3 is 14.4 Å². The zero-order valence-corrected chi connectivity index (χ0v) is 14.8. The second kappa shape index (κ2) is 7.00. The highest BCUT2D eigenvalue weighted by atomic mass is 16.2. The van der Waals surface area contributed by atoms with E-state index >= 15 is 0 Å². The topological polar surface area (TPSA) is 41.4 Å². The molecule has 0 unspecified atom stereocenters. The number of aromatic nitrogens is 2. The summed E-state index contributed by atoms with van der Waals surface area (Å²) in [7, 11) is 2.20. The maximum absolute atomic E-state index is 13.2. The normalized spacial score (nSPS) is 24.1. The summed E-state index contributed by atoms with van der Waals surface area (Å²) in [4.78, 5) is 21.8. The Labute approximate surface area is 149 Å². The molecule has 1 aromatic heterocycles. The fourth-order valence-electron chi connectivity index (χ4n) is 4.43. The molecular weight excluding hydrogens is 312 g/mol. The highest BCUT2D eigenvalue weighted by molar-refractivity contribution is 5.94. The van der Waals surface area contributed by atoms with Crippen LogP contribution in [0.1, 0.15) is 41.6 Å². The average Bonchev–Trinajstić information content (AvgIpc) is 3.35. The molecular formula is C20H26N4O. The van der Waals surface area contributed by atoms with E-state index in [-0.39, 0.29) is 5.91 Å². The van der Waals surface area contributed by atoms with Crippen molar-refractivity contribution < 1.29 is 4.79 Å².